The molecule has 20 heavy (non-hydrogen) atoms. The van der Waals surface area contributed by atoms with Gasteiger partial charge in [-0.1, -0.05) is 18.2 Å². The van der Waals surface area contributed by atoms with Gasteiger partial charge in [0.15, 0.2) is 5.17 Å². The Kier molecular flexibility index (Phi) is 3.74. The van der Waals surface area contributed by atoms with E-state index in [1.54, 1.807) is 23.9 Å². The van der Waals surface area contributed by atoms with E-state index in [0.717, 1.165) is 22.5 Å². The summed E-state index contributed by atoms with van der Waals surface area (Å²) in [5, 5.41) is 9.25. The molecule has 1 fully saturated rings. The van der Waals surface area contributed by atoms with Crippen LogP contribution in [0.15, 0.2) is 34.2 Å². The summed E-state index contributed by atoms with van der Waals surface area (Å²) in [5.41, 5.74) is 0.833. The Morgan fingerprint density at radius 1 is 1.25 bits per heavy atom. The van der Waals surface area contributed by atoms with E-state index in [-0.39, 0.29) is 4.90 Å². The third-order valence-electron chi connectivity index (χ3n) is 3.77. The Morgan fingerprint density at radius 2 is 2.00 bits per heavy atom. The smallest absolute Gasteiger partial charge is 0.238 e. The zero-order valence-electron chi connectivity index (χ0n) is 11.0. The maximum atomic E-state index is 11.2. The molecule has 2 aliphatic rings. The number of aliphatic imine (C=N–C) groups is 1. The van der Waals surface area contributed by atoms with Crippen LogP contribution in [0.4, 0.5) is 5.69 Å². The summed E-state index contributed by atoms with van der Waals surface area (Å²) in [4.78, 5) is 4.86. The van der Waals surface area contributed by atoms with Crippen molar-refractivity contribution in [1.82, 2.24) is 0 Å². The number of sulfonamides is 1. The van der Waals surface area contributed by atoms with Gasteiger partial charge in [0, 0.05) is 11.4 Å². The number of thioether (sulfide) groups is 1. The van der Waals surface area contributed by atoms with E-state index in [2.05, 4.69) is 5.32 Å². The van der Waals surface area contributed by atoms with Crippen molar-refractivity contribution >= 4 is 32.6 Å². The monoisotopic (exact) mass is 311 g/mol. The molecule has 108 valence electrons. The van der Waals surface area contributed by atoms with Gasteiger partial charge in [0.25, 0.3) is 0 Å². The largest absolute Gasteiger partial charge is 0.335 e. The van der Waals surface area contributed by atoms with E-state index < -0.39 is 10.0 Å². The van der Waals surface area contributed by atoms with Crippen LogP contribution in [0.25, 0.3) is 0 Å². The molecule has 3 rings (SSSR count). The van der Waals surface area contributed by atoms with E-state index in [4.69, 9.17) is 10.1 Å². The molecule has 3 N–H and O–H groups in total. The normalized spacial score (nSPS) is 25.9. The van der Waals surface area contributed by atoms with Crippen molar-refractivity contribution < 1.29 is 8.42 Å². The summed E-state index contributed by atoms with van der Waals surface area (Å²) in [7, 11) is -3.63. The molecule has 1 aliphatic heterocycles. The van der Waals surface area contributed by atoms with Crippen LogP contribution in [0.3, 0.4) is 0 Å². The fraction of sp³-hybridized carbons (Fsp3) is 0.462. The van der Waals surface area contributed by atoms with Crippen molar-refractivity contribution in [2.45, 2.75) is 30.2 Å². The van der Waals surface area contributed by atoms with Crippen LogP contribution in [0.2, 0.25) is 0 Å². The zero-order valence-corrected chi connectivity index (χ0v) is 12.6. The molecule has 0 radical (unpaired) electrons. The number of hydrogen-bond acceptors (Lipinski definition) is 5. The van der Waals surface area contributed by atoms with E-state index >= 15 is 0 Å². The number of nitrogens with one attached hydrogen (secondary N) is 1. The maximum Gasteiger partial charge on any atom is 0.238 e. The average Bonchev–Trinajstić information content (AvgIpc) is 2.86. The highest BCUT2D eigenvalue weighted by Gasteiger charge is 2.30. The number of fused-ring (bicyclic) bond motifs is 1. The summed E-state index contributed by atoms with van der Waals surface area (Å²) in [6, 6.07) is 6.89. The minimum Gasteiger partial charge on any atom is -0.335 e. The number of primary sulfonamides is 1. The van der Waals surface area contributed by atoms with E-state index in [0.29, 0.717) is 6.04 Å². The van der Waals surface area contributed by atoms with Crippen molar-refractivity contribution in [3.63, 3.8) is 0 Å². The Hall–Kier alpha value is -1.05. The Morgan fingerprint density at radius 3 is 2.70 bits per heavy atom. The minimum absolute atomic E-state index is 0.122. The van der Waals surface area contributed by atoms with Crippen molar-refractivity contribution in [2.24, 2.45) is 16.0 Å². The van der Waals surface area contributed by atoms with Crippen LogP contribution in [-0.4, -0.2) is 25.4 Å². The second kappa shape index (κ2) is 5.38. The zero-order chi connectivity index (χ0) is 14.2. The number of hydrogen-bond donors (Lipinski definition) is 2. The van der Waals surface area contributed by atoms with Gasteiger partial charge in [-0.15, -0.1) is 0 Å². The van der Waals surface area contributed by atoms with Crippen molar-refractivity contribution in [3.05, 3.63) is 24.3 Å². The van der Waals surface area contributed by atoms with Gasteiger partial charge in [0.2, 0.25) is 10.0 Å². The SMILES string of the molecule is NS(=O)(=O)c1ccc(NC2=NC3CCCC3CS2)cc1. The molecule has 2 atom stereocenters. The van der Waals surface area contributed by atoms with Gasteiger partial charge >= 0.3 is 0 Å². The third-order valence-corrected chi connectivity index (χ3v) is 5.78. The highest BCUT2D eigenvalue weighted by molar-refractivity contribution is 8.14. The maximum absolute atomic E-state index is 11.2. The first-order chi connectivity index (χ1) is 9.52. The second-order valence-electron chi connectivity index (χ2n) is 5.20. The molecule has 1 saturated carbocycles. The van der Waals surface area contributed by atoms with Crippen LogP contribution in [0.1, 0.15) is 19.3 Å². The lowest BCUT2D eigenvalue weighted by molar-refractivity contribution is 0.535. The molecule has 0 bridgehead atoms. The van der Waals surface area contributed by atoms with Crippen molar-refractivity contribution in [1.29, 1.82) is 0 Å². The van der Waals surface area contributed by atoms with Gasteiger partial charge in [-0.25, -0.2) is 13.6 Å². The summed E-state index contributed by atoms with van der Waals surface area (Å²) in [6.07, 6.45) is 3.74. The molecule has 5 nitrogen and oxygen atoms in total. The molecule has 1 aromatic rings. The standard InChI is InChI=1S/C13H17N3O2S2/c14-20(17,18)11-6-4-10(5-7-11)15-13-16-12-3-1-2-9(12)8-19-13/h4-7,9,12H,1-3,8H2,(H,15,16)(H2,14,17,18). The highest BCUT2D eigenvalue weighted by atomic mass is 32.2. The molecule has 0 aromatic heterocycles. The molecule has 0 spiro atoms. The first-order valence-corrected chi connectivity index (χ1v) is 9.16. The van der Waals surface area contributed by atoms with Crippen LogP contribution < -0.4 is 10.5 Å². The molecule has 1 aliphatic carbocycles. The summed E-state index contributed by atoms with van der Waals surface area (Å²) in [6.45, 7) is 0. The van der Waals surface area contributed by atoms with Gasteiger partial charge in [-0.05, 0) is 43.0 Å². The molecule has 0 amide bonds. The first kappa shape index (κ1) is 13.9. The molecular formula is C13H17N3O2S2. The Bertz CT molecular complexity index is 626. The number of nitrogens with zero attached hydrogens (tertiary/aromatic N) is 1. The number of nitrogens with two attached hydrogens (primary N) is 1. The van der Waals surface area contributed by atoms with E-state index in [1.807, 2.05) is 0 Å². The van der Waals surface area contributed by atoms with Gasteiger partial charge in [-0.3, -0.25) is 4.99 Å². The average molecular weight is 311 g/mol. The lowest BCUT2D eigenvalue weighted by atomic mass is 10.1. The molecule has 0 saturated heterocycles. The minimum atomic E-state index is -3.63. The molecular weight excluding hydrogens is 294 g/mol. The Labute approximate surface area is 123 Å². The molecule has 1 aromatic carbocycles. The van der Waals surface area contributed by atoms with Gasteiger partial charge in [-0.2, -0.15) is 0 Å². The van der Waals surface area contributed by atoms with Crippen LogP contribution in [0, 0.1) is 5.92 Å². The topological polar surface area (TPSA) is 84.5 Å². The highest BCUT2D eigenvalue weighted by Crippen LogP contribution is 2.35. The molecule has 2 unspecified atom stereocenters. The number of anilines is 1. The number of rotatable bonds is 2. The number of amidine groups is 1. The van der Waals surface area contributed by atoms with Crippen LogP contribution in [0.5, 0.6) is 0 Å². The summed E-state index contributed by atoms with van der Waals surface area (Å²) < 4.78 is 22.4. The van der Waals surface area contributed by atoms with Gasteiger partial charge in [0.1, 0.15) is 0 Å². The fourth-order valence-electron chi connectivity index (χ4n) is 2.68. The van der Waals surface area contributed by atoms with Gasteiger partial charge in [0.05, 0.1) is 10.9 Å². The molecule has 1 heterocycles. The lowest BCUT2D eigenvalue weighted by Gasteiger charge is -2.23. The van der Waals surface area contributed by atoms with Crippen LogP contribution >= 0.6 is 11.8 Å². The first-order valence-electron chi connectivity index (χ1n) is 6.63. The summed E-state index contributed by atoms with van der Waals surface area (Å²) >= 11 is 1.74. The van der Waals surface area contributed by atoms with E-state index in [9.17, 15) is 8.42 Å². The van der Waals surface area contributed by atoms with E-state index in [1.165, 1.54) is 31.4 Å². The predicted molar refractivity (Wildman–Crippen MR) is 82.5 cm³/mol. The second-order valence-corrected chi connectivity index (χ2v) is 7.77. The molecule has 7 heteroatoms. The Balaban J connectivity index is 1.72. The van der Waals surface area contributed by atoms with Crippen molar-refractivity contribution in [2.75, 3.05) is 11.1 Å². The van der Waals surface area contributed by atoms with Gasteiger partial charge < -0.3 is 5.32 Å². The quantitative estimate of drug-likeness (QED) is 0.875. The number of benzene rings is 1. The summed E-state index contributed by atoms with van der Waals surface area (Å²) in [5.74, 6) is 1.85. The van der Waals surface area contributed by atoms with Crippen molar-refractivity contribution in [3.8, 4) is 0 Å². The fourth-order valence-corrected chi connectivity index (χ4v) is 4.35. The van der Waals surface area contributed by atoms with Crippen LogP contribution in [-0.2, 0) is 10.0 Å². The third kappa shape index (κ3) is 2.99. The lowest BCUT2D eigenvalue weighted by Crippen LogP contribution is -2.25. The predicted octanol–water partition coefficient (Wildman–Crippen LogP) is 2.02.